The van der Waals surface area contributed by atoms with Gasteiger partial charge in [0.25, 0.3) is 0 Å². The Morgan fingerprint density at radius 2 is 1.84 bits per heavy atom. The van der Waals surface area contributed by atoms with Gasteiger partial charge in [-0.3, -0.25) is 0 Å². The van der Waals surface area contributed by atoms with Crippen LogP contribution in [0.4, 0.5) is 17.2 Å². The SMILES string of the molecule is Cc1ccc2c(oc3ccccc32)c1N1c2ncccc2N(C)C1C. The highest BCUT2D eigenvalue weighted by molar-refractivity contribution is 6.10. The zero-order valence-corrected chi connectivity index (χ0v) is 14.5. The highest BCUT2D eigenvalue weighted by Gasteiger charge is 2.35. The van der Waals surface area contributed by atoms with E-state index in [9.17, 15) is 0 Å². The van der Waals surface area contributed by atoms with Gasteiger partial charge in [-0.1, -0.05) is 30.3 Å². The average Bonchev–Trinajstić information content (AvgIpc) is 3.12. The Kier molecular flexibility index (Phi) is 2.86. The number of rotatable bonds is 1. The van der Waals surface area contributed by atoms with Crippen molar-refractivity contribution >= 4 is 39.1 Å². The van der Waals surface area contributed by atoms with E-state index < -0.39 is 0 Å². The number of furan rings is 1. The van der Waals surface area contributed by atoms with Gasteiger partial charge in [0.15, 0.2) is 11.4 Å². The summed E-state index contributed by atoms with van der Waals surface area (Å²) in [5, 5.41) is 2.30. The summed E-state index contributed by atoms with van der Waals surface area (Å²) in [5.74, 6) is 0.980. The van der Waals surface area contributed by atoms with Crippen molar-refractivity contribution in [1.82, 2.24) is 4.98 Å². The lowest BCUT2D eigenvalue weighted by molar-refractivity contribution is 0.661. The lowest BCUT2D eigenvalue weighted by Gasteiger charge is -2.28. The summed E-state index contributed by atoms with van der Waals surface area (Å²) in [7, 11) is 2.11. The van der Waals surface area contributed by atoms with Gasteiger partial charge in [-0.2, -0.15) is 0 Å². The van der Waals surface area contributed by atoms with E-state index in [2.05, 4.69) is 66.0 Å². The minimum absolute atomic E-state index is 0.169. The molecule has 5 rings (SSSR count). The third kappa shape index (κ3) is 1.85. The van der Waals surface area contributed by atoms with Crippen LogP contribution in [0.15, 0.2) is 59.1 Å². The molecule has 4 nitrogen and oxygen atoms in total. The Morgan fingerprint density at radius 1 is 1.00 bits per heavy atom. The molecule has 2 aromatic heterocycles. The number of hydrogen-bond donors (Lipinski definition) is 0. The molecule has 1 aliphatic heterocycles. The largest absolute Gasteiger partial charge is 0.454 e. The number of para-hydroxylation sites is 1. The van der Waals surface area contributed by atoms with Crippen LogP contribution in [0.5, 0.6) is 0 Å². The van der Waals surface area contributed by atoms with Crippen LogP contribution < -0.4 is 9.80 Å². The summed E-state index contributed by atoms with van der Waals surface area (Å²) in [6.45, 7) is 4.33. The predicted molar refractivity (Wildman–Crippen MR) is 103 cm³/mol. The van der Waals surface area contributed by atoms with E-state index >= 15 is 0 Å². The van der Waals surface area contributed by atoms with Crippen LogP contribution in [0.1, 0.15) is 12.5 Å². The van der Waals surface area contributed by atoms with E-state index in [0.29, 0.717) is 0 Å². The van der Waals surface area contributed by atoms with Crippen molar-refractivity contribution in [2.75, 3.05) is 16.8 Å². The molecule has 4 heteroatoms. The molecule has 0 aliphatic carbocycles. The van der Waals surface area contributed by atoms with Gasteiger partial charge in [0.2, 0.25) is 0 Å². The van der Waals surface area contributed by atoms with Gasteiger partial charge >= 0.3 is 0 Å². The van der Waals surface area contributed by atoms with Crippen LogP contribution in [0.2, 0.25) is 0 Å². The van der Waals surface area contributed by atoms with Crippen molar-refractivity contribution in [3.8, 4) is 0 Å². The van der Waals surface area contributed by atoms with E-state index in [0.717, 1.165) is 39.1 Å². The van der Waals surface area contributed by atoms with Crippen molar-refractivity contribution < 1.29 is 4.42 Å². The molecular weight excluding hydrogens is 310 g/mol. The van der Waals surface area contributed by atoms with Crippen LogP contribution >= 0.6 is 0 Å². The van der Waals surface area contributed by atoms with Crippen molar-refractivity contribution in [1.29, 1.82) is 0 Å². The first-order chi connectivity index (χ1) is 12.2. The first kappa shape index (κ1) is 14.3. The lowest BCUT2D eigenvalue weighted by Crippen LogP contribution is -2.36. The molecule has 1 unspecified atom stereocenters. The monoisotopic (exact) mass is 329 g/mol. The first-order valence-corrected chi connectivity index (χ1v) is 8.55. The van der Waals surface area contributed by atoms with Gasteiger partial charge in [0, 0.05) is 24.0 Å². The van der Waals surface area contributed by atoms with E-state index in [1.54, 1.807) is 0 Å². The molecule has 0 N–H and O–H groups in total. The second kappa shape index (κ2) is 4.99. The molecule has 0 saturated carbocycles. The number of pyridine rings is 1. The summed E-state index contributed by atoms with van der Waals surface area (Å²) in [6.07, 6.45) is 2.02. The fourth-order valence-corrected chi connectivity index (χ4v) is 3.87. The minimum atomic E-state index is 0.169. The zero-order chi connectivity index (χ0) is 17.1. The third-order valence-corrected chi connectivity index (χ3v) is 5.27. The molecule has 0 bridgehead atoms. The quantitative estimate of drug-likeness (QED) is 0.479. The molecule has 0 amide bonds. The molecule has 1 aliphatic rings. The molecule has 25 heavy (non-hydrogen) atoms. The first-order valence-electron chi connectivity index (χ1n) is 8.55. The van der Waals surface area contributed by atoms with Crippen LogP contribution in [0, 0.1) is 6.92 Å². The summed E-state index contributed by atoms with van der Waals surface area (Å²) >= 11 is 0. The number of aromatic nitrogens is 1. The van der Waals surface area contributed by atoms with Crippen molar-refractivity contribution in [3.05, 3.63) is 60.3 Å². The third-order valence-electron chi connectivity index (χ3n) is 5.27. The van der Waals surface area contributed by atoms with Crippen molar-refractivity contribution in [2.24, 2.45) is 0 Å². The van der Waals surface area contributed by atoms with E-state index in [-0.39, 0.29) is 6.17 Å². The van der Waals surface area contributed by atoms with E-state index in [4.69, 9.17) is 4.42 Å². The van der Waals surface area contributed by atoms with Crippen LogP contribution in [0.25, 0.3) is 21.9 Å². The Bertz CT molecular complexity index is 1110. The maximum absolute atomic E-state index is 6.29. The molecule has 0 fully saturated rings. The number of fused-ring (bicyclic) bond motifs is 4. The van der Waals surface area contributed by atoms with Crippen LogP contribution in [-0.2, 0) is 0 Å². The Balaban J connectivity index is 1.85. The van der Waals surface area contributed by atoms with Gasteiger partial charge < -0.3 is 14.2 Å². The average molecular weight is 329 g/mol. The summed E-state index contributed by atoms with van der Waals surface area (Å²) in [6, 6.07) is 16.6. The molecule has 0 spiro atoms. The molecule has 4 aromatic rings. The van der Waals surface area contributed by atoms with E-state index in [1.807, 2.05) is 24.4 Å². The van der Waals surface area contributed by atoms with Gasteiger partial charge in [0.05, 0.1) is 11.4 Å². The lowest BCUT2D eigenvalue weighted by atomic mass is 10.1. The maximum Gasteiger partial charge on any atom is 0.159 e. The number of nitrogens with zero attached hydrogens (tertiary/aromatic N) is 3. The second-order valence-corrected chi connectivity index (χ2v) is 6.66. The molecule has 2 aromatic carbocycles. The summed E-state index contributed by atoms with van der Waals surface area (Å²) in [4.78, 5) is 9.20. The minimum Gasteiger partial charge on any atom is -0.454 e. The molecule has 3 heterocycles. The molecular formula is C21H19N3O. The van der Waals surface area contributed by atoms with Crippen LogP contribution in [0.3, 0.4) is 0 Å². The second-order valence-electron chi connectivity index (χ2n) is 6.66. The number of anilines is 3. The van der Waals surface area contributed by atoms with Crippen molar-refractivity contribution in [2.45, 2.75) is 20.0 Å². The summed E-state index contributed by atoms with van der Waals surface area (Å²) < 4.78 is 6.29. The van der Waals surface area contributed by atoms with Gasteiger partial charge in [0.1, 0.15) is 11.7 Å². The molecule has 0 saturated heterocycles. The summed E-state index contributed by atoms with van der Waals surface area (Å²) in [5.41, 5.74) is 5.28. The van der Waals surface area contributed by atoms with Gasteiger partial charge in [-0.25, -0.2) is 4.98 Å². The fourth-order valence-electron chi connectivity index (χ4n) is 3.87. The normalized spacial score (nSPS) is 16.8. The Hall–Kier alpha value is -3.01. The molecule has 1 atom stereocenters. The maximum atomic E-state index is 6.29. The highest BCUT2D eigenvalue weighted by atomic mass is 16.3. The van der Waals surface area contributed by atoms with E-state index in [1.165, 1.54) is 5.56 Å². The fraction of sp³-hybridized carbons (Fsp3) is 0.190. The number of aryl methyl sites for hydroxylation is 1. The van der Waals surface area contributed by atoms with Crippen LogP contribution in [-0.4, -0.2) is 18.2 Å². The Morgan fingerprint density at radius 3 is 2.72 bits per heavy atom. The van der Waals surface area contributed by atoms with Gasteiger partial charge in [-0.05, 0) is 37.6 Å². The number of hydrogen-bond acceptors (Lipinski definition) is 4. The Labute approximate surface area is 146 Å². The predicted octanol–water partition coefficient (Wildman–Crippen LogP) is 5.22. The molecule has 124 valence electrons. The smallest absolute Gasteiger partial charge is 0.159 e. The van der Waals surface area contributed by atoms with Crippen molar-refractivity contribution in [3.63, 3.8) is 0 Å². The molecule has 0 radical (unpaired) electrons. The topological polar surface area (TPSA) is 32.5 Å². The zero-order valence-electron chi connectivity index (χ0n) is 14.5. The highest BCUT2D eigenvalue weighted by Crippen LogP contribution is 2.46. The van der Waals surface area contributed by atoms with Gasteiger partial charge in [-0.15, -0.1) is 0 Å². The number of benzene rings is 2. The standard InChI is InChI=1S/C21H19N3O/c1-13-10-11-16-15-7-4-5-9-18(15)25-20(16)19(13)24-14(2)23(3)17-8-6-12-22-21(17)24/h4-12,14H,1-3H3.